The molecule has 1 aromatic carbocycles. The molecule has 1 fully saturated rings. The van der Waals surface area contributed by atoms with Gasteiger partial charge in [0, 0.05) is 33.2 Å². The van der Waals surface area contributed by atoms with E-state index in [1.807, 2.05) is 4.90 Å². The van der Waals surface area contributed by atoms with E-state index in [1.54, 1.807) is 11.6 Å². The van der Waals surface area contributed by atoms with Crippen molar-refractivity contribution in [3.8, 4) is 0 Å². The van der Waals surface area contributed by atoms with Gasteiger partial charge in [0.15, 0.2) is 4.77 Å². The van der Waals surface area contributed by atoms with Crippen LogP contribution in [0.2, 0.25) is 0 Å². The Kier molecular flexibility index (Phi) is 6.25. The van der Waals surface area contributed by atoms with Gasteiger partial charge in [-0.15, -0.1) is 0 Å². The summed E-state index contributed by atoms with van der Waals surface area (Å²) in [7, 11) is -2.86. The number of piperazine rings is 1. The molecule has 7 nitrogen and oxygen atoms in total. The number of nitrogens with zero attached hydrogens (tertiary/aromatic N) is 5. The lowest BCUT2D eigenvalue weighted by atomic mass is 10.1. The van der Waals surface area contributed by atoms with Crippen molar-refractivity contribution in [2.24, 2.45) is 7.05 Å². The normalized spacial score (nSPS) is 17.3. The van der Waals surface area contributed by atoms with Crippen molar-refractivity contribution in [3.05, 3.63) is 40.4 Å². The van der Waals surface area contributed by atoms with Gasteiger partial charge in [-0.1, -0.05) is 0 Å². The van der Waals surface area contributed by atoms with Crippen LogP contribution in [0.25, 0.3) is 0 Å². The Hall–Kier alpha value is -1.97. The third-order valence-electron chi connectivity index (χ3n) is 4.75. The van der Waals surface area contributed by atoms with Crippen molar-refractivity contribution >= 4 is 22.2 Å². The van der Waals surface area contributed by atoms with Gasteiger partial charge >= 0.3 is 12.4 Å². The molecule has 1 aliphatic heterocycles. The van der Waals surface area contributed by atoms with Gasteiger partial charge in [-0.05, 0) is 30.4 Å². The molecule has 0 unspecified atom stereocenters. The molecule has 1 saturated heterocycles. The van der Waals surface area contributed by atoms with Gasteiger partial charge in [-0.2, -0.15) is 35.7 Å². The van der Waals surface area contributed by atoms with Crippen LogP contribution in [0.5, 0.6) is 0 Å². The lowest BCUT2D eigenvalue weighted by Crippen LogP contribution is -2.49. The summed E-state index contributed by atoms with van der Waals surface area (Å²) >= 11 is 5.17. The summed E-state index contributed by atoms with van der Waals surface area (Å²) in [6.45, 7) is 0.445. The summed E-state index contributed by atoms with van der Waals surface area (Å²) in [5.41, 5.74) is -3.35. The highest BCUT2D eigenvalue weighted by Crippen LogP contribution is 2.37. The number of rotatable bonds is 4. The predicted molar refractivity (Wildman–Crippen MR) is 98.8 cm³/mol. The molecule has 1 aliphatic rings. The van der Waals surface area contributed by atoms with E-state index < -0.39 is 38.4 Å². The summed E-state index contributed by atoms with van der Waals surface area (Å²) in [4.78, 5) is 0.775. The standard InChI is InChI=1S/C16H17F6N5O2S2/c1-24-9-23-27(14(24)30)10-25-2-4-26(5-3-25)31(28,29)13-7-11(15(17,18)19)6-12(8-13)16(20,21)22/h6-9H,2-5,10H2,1H3. The number of aryl methyl sites for hydroxylation is 1. The van der Waals surface area contributed by atoms with Crippen LogP contribution in [0.1, 0.15) is 11.1 Å². The van der Waals surface area contributed by atoms with Crippen LogP contribution in [0.3, 0.4) is 0 Å². The van der Waals surface area contributed by atoms with Gasteiger partial charge < -0.3 is 4.57 Å². The van der Waals surface area contributed by atoms with Gasteiger partial charge in [-0.3, -0.25) is 4.90 Å². The lowest BCUT2D eigenvalue weighted by molar-refractivity contribution is -0.143. The molecule has 0 N–H and O–H groups in total. The molecule has 0 spiro atoms. The van der Waals surface area contributed by atoms with Gasteiger partial charge in [0.1, 0.15) is 6.33 Å². The average molecular weight is 489 g/mol. The molecule has 172 valence electrons. The highest BCUT2D eigenvalue weighted by molar-refractivity contribution is 7.89. The Morgan fingerprint density at radius 2 is 1.48 bits per heavy atom. The quantitative estimate of drug-likeness (QED) is 0.488. The van der Waals surface area contributed by atoms with Crippen molar-refractivity contribution < 1.29 is 34.8 Å². The summed E-state index contributed by atoms with van der Waals surface area (Å²) in [5, 5.41) is 4.08. The fourth-order valence-electron chi connectivity index (χ4n) is 3.04. The first-order valence-corrected chi connectivity index (χ1v) is 10.6. The molecule has 0 radical (unpaired) electrons. The minimum Gasteiger partial charge on any atom is -0.310 e. The highest BCUT2D eigenvalue weighted by atomic mass is 32.2. The van der Waals surface area contributed by atoms with E-state index in [-0.39, 0.29) is 51.0 Å². The second-order valence-corrected chi connectivity index (χ2v) is 9.23. The first-order chi connectivity index (χ1) is 14.2. The Morgan fingerprint density at radius 1 is 0.968 bits per heavy atom. The molecule has 0 aliphatic carbocycles. The average Bonchev–Trinajstić information content (AvgIpc) is 2.99. The van der Waals surface area contributed by atoms with Crippen LogP contribution in [0, 0.1) is 4.77 Å². The number of hydrogen-bond acceptors (Lipinski definition) is 5. The molecular formula is C16H17F6N5O2S2. The van der Waals surface area contributed by atoms with Crippen molar-refractivity contribution in [1.82, 2.24) is 23.6 Å². The van der Waals surface area contributed by atoms with Crippen LogP contribution in [0.4, 0.5) is 26.3 Å². The summed E-state index contributed by atoms with van der Waals surface area (Å²) in [6, 6.07) is 0.349. The monoisotopic (exact) mass is 489 g/mol. The summed E-state index contributed by atoms with van der Waals surface area (Å²) < 4.78 is 108. The van der Waals surface area contributed by atoms with E-state index >= 15 is 0 Å². The maximum atomic E-state index is 13.1. The molecule has 2 aromatic rings. The number of sulfonamides is 1. The third-order valence-corrected chi connectivity index (χ3v) is 7.13. The Labute approximate surface area is 178 Å². The molecule has 0 bridgehead atoms. The topological polar surface area (TPSA) is 63.4 Å². The van der Waals surface area contributed by atoms with Crippen molar-refractivity contribution in [2.45, 2.75) is 23.9 Å². The van der Waals surface area contributed by atoms with Crippen LogP contribution in [-0.4, -0.2) is 58.1 Å². The maximum Gasteiger partial charge on any atom is 0.416 e. The first kappa shape index (κ1) is 23.7. The minimum absolute atomic E-state index is 0.104. The molecule has 1 aromatic heterocycles. The summed E-state index contributed by atoms with van der Waals surface area (Å²) in [5.74, 6) is 0. The van der Waals surface area contributed by atoms with Crippen LogP contribution < -0.4 is 0 Å². The number of alkyl halides is 6. The largest absolute Gasteiger partial charge is 0.416 e. The lowest BCUT2D eigenvalue weighted by Gasteiger charge is -2.33. The first-order valence-electron chi connectivity index (χ1n) is 8.80. The fraction of sp³-hybridized carbons (Fsp3) is 0.500. The minimum atomic E-state index is -5.13. The molecule has 0 atom stereocenters. The number of aromatic nitrogens is 3. The summed E-state index contributed by atoms with van der Waals surface area (Å²) in [6.07, 6.45) is -8.76. The zero-order chi connectivity index (χ0) is 23.2. The van der Waals surface area contributed by atoms with Gasteiger partial charge in [-0.25, -0.2) is 13.1 Å². The predicted octanol–water partition coefficient (Wildman–Crippen LogP) is 2.95. The van der Waals surface area contributed by atoms with Crippen LogP contribution in [0.15, 0.2) is 29.4 Å². The van der Waals surface area contributed by atoms with Crippen molar-refractivity contribution in [3.63, 3.8) is 0 Å². The molecule has 15 heteroatoms. The highest BCUT2D eigenvalue weighted by Gasteiger charge is 2.39. The van der Waals surface area contributed by atoms with Crippen LogP contribution >= 0.6 is 12.2 Å². The number of halogens is 6. The van der Waals surface area contributed by atoms with Crippen LogP contribution in [-0.2, 0) is 36.1 Å². The molecule has 0 saturated carbocycles. The fourth-order valence-corrected chi connectivity index (χ4v) is 4.69. The Morgan fingerprint density at radius 3 is 1.90 bits per heavy atom. The van der Waals surface area contributed by atoms with E-state index in [0.717, 1.165) is 4.31 Å². The third kappa shape index (κ3) is 5.10. The Balaban J connectivity index is 1.82. The second kappa shape index (κ2) is 8.18. The second-order valence-electron chi connectivity index (χ2n) is 6.93. The smallest absolute Gasteiger partial charge is 0.310 e. The number of hydrogen-bond donors (Lipinski definition) is 0. The zero-order valence-electron chi connectivity index (χ0n) is 16.0. The van der Waals surface area contributed by atoms with Gasteiger partial charge in [0.05, 0.1) is 22.7 Å². The SMILES string of the molecule is Cn1cnn(CN2CCN(S(=O)(=O)c3cc(C(F)(F)F)cc(C(F)(F)F)c3)CC2)c1=S. The van der Waals surface area contributed by atoms with E-state index in [1.165, 1.54) is 11.0 Å². The molecule has 0 amide bonds. The molecule has 31 heavy (non-hydrogen) atoms. The molecular weight excluding hydrogens is 472 g/mol. The van der Waals surface area contributed by atoms with Gasteiger partial charge in [0.2, 0.25) is 10.0 Å². The molecule has 2 heterocycles. The van der Waals surface area contributed by atoms with Crippen molar-refractivity contribution in [1.29, 1.82) is 0 Å². The van der Waals surface area contributed by atoms with E-state index in [4.69, 9.17) is 12.2 Å². The number of benzene rings is 1. The maximum absolute atomic E-state index is 13.1. The van der Waals surface area contributed by atoms with E-state index in [2.05, 4.69) is 5.10 Å². The molecule has 3 rings (SSSR count). The van der Waals surface area contributed by atoms with Crippen molar-refractivity contribution in [2.75, 3.05) is 26.2 Å². The Bertz CT molecular complexity index is 1080. The van der Waals surface area contributed by atoms with E-state index in [0.29, 0.717) is 4.77 Å². The van der Waals surface area contributed by atoms with E-state index in [9.17, 15) is 34.8 Å². The van der Waals surface area contributed by atoms with Gasteiger partial charge in [0.25, 0.3) is 0 Å². The zero-order valence-corrected chi connectivity index (χ0v) is 17.6.